The van der Waals surface area contributed by atoms with Crippen LogP contribution in [0.2, 0.25) is 0 Å². The van der Waals surface area contributed by atoms with Gasteiger partial charge in [-0.25, -0.2) is 4.79 Å². The summed E-state index contributed by atoms with van der Waals surface area (Å²) in [6.45, 7) is 0.566. The molecule has 2 heterocycles. The third-order valence-corrected chi connectivity index (χ3v) is 5.69. The van der Waals surface area contributed by atoms with Gasteiger partial charge in [-0.3, -0.25) is 19.7 Å². The number of alkyl carbamates (subject to hydrolysis) is 1. The Hall–Kier alpha value is -2.94. The summed E-state index contributed by atoms with van der Waals surface area (Å²) in [6.07, 6.45) is 1.49. The van der Waals surface area contributed by atoms with Crippen LogP contribution in [-0.4, -0.2) is 54.1 Å². The Balaban J connectivity index is 1.34. The number of nitrogens with one attached hydrogen (secondary N) is 2. The molecule has 1 saturated heterocycles. The molecule has 1 atom stereocenters. The second-order valence-electron chi connectivity index (χ2n) is 7.60. The number of imide groups is 1. The van der Waals surface area contributed by atoms with Gasteiger partial charge in [0.2, 0.25) is 11.8 Å². The molecule has 0 spiro atoms. The van der Waals surface area contributed by atoms with E-state index in [1.54, 1.807) is 13.2 Å². The highest BCUT2D eigenvalue weighted by Crippen LogP contribution is 2.28. The van der Waals surface area contributed by atoms with Crippen molar-refractivity contribution >= 4 is 23.8 Å². The lowest BCUT2D eigenvalue weighted by Gasteiger charge is -2.33. The number of ether oxygens (including phenoxy) is 2. The van der Waals surface area contributed by atoms with Gasteiger partial charge in [-0.15, -0.1) is 0 Å². The van der Waals surface area contributed by atoms with E-state index in [0.29, 0.717) is 31.4 Å². The molecule has 4 amide bonds. The second kappa shape index (κ2) is 7.82. The highest BCUT2D eigenvalue weighted by molar-refractivity contribution is 6.05. The molecule has 154 valence electrons. The standard InChI is InChI=1S/C20H23N3O6/c1-28-13-7-14(8-13)29-20(27)21-9-11-2-3-12-10-23(19(26)15(12)6-11)16-4-5-17(24)22-18(16)25/h2-3,6,13-14,16H,4-5,7-10H2,1H3,(H,21,27)(H,22,24,25). The summed E-state index contributed by atoms with van der Waals surface area (Å²) < 4.78 is 10.4. The molecule has 2 N–H and O–H groups in total. The monoisotopic (exact) mass is 401 g/mol. The SMILES string of the molecule is COC1CC(OC(=O)NCc2ccc3c(c2)C(=O)N(C2CCC(=O)NC2=O)C3)C1. The summed E-state index contributed by atoms with van der Waals surface area (Å²) in [5.74, 6) is -0.979. The van der Waals surface area contributed by atoms with E-state index in [1.165, 1.54) is 4.90 Å². The van der Waals surface area contributed by atoms with Crippen molar-refractivity contribution in [3.63, 3.8) is 0 Å². The number of rotatable bonds is 5. The number of piperidine rings is 1. The molecular weight excluding hydrogens is 378 g/mol. The number of methoxy groups -OCH3 is 1. The Labute approximate surface area is 167 Å². The highest BCUT2D eigenvalue weighted by atomic mass is 16.6. The molecule has 2 fully saturated rings. The van der Waals surface area contributed by atoms with Gasteiger partial charge >= 0.3 is 6.09 Å². The first-order valence-corrected chi connectivity index (χ1v) is 9.68. The highest BCUT2D eigenvalue weighted by Gasteiger charge is 2.39. The molecule has 1 unspecified atom stereocenters. The van der Waals surface area contributed by atoms with Gasteiger partial charge in [-0.05, 0) is 23.6 Å². The van der Waals surface area contributed by atoms with E-state index in [4.69, 9.17) is 9.47 Å². The maximum atomic E-state index is 12.8. The fourth-order valence-electron chi connectivity index (χ4n) is 3.89. The zero-order chi connectivity index (χ0) is 20.5. The van der Waals surface area contributed by atoms with Gasteiger partial charge in [0.15, 0.2) is 0 Å². The first-order valence-electron chi connectivity index (χ1n) is 9.68. The van der Waals surface area contributed by atoms with E-state index in [0.717, 1.165) is 11.1 Å². The van der Waals surface area contributed by atoms with Crippen molar-refractivity contribution in [2.45, 2.75) is 57.0 Å². The van der Waals surface area contributed by atoms with E-state index in [2.05, 4.69) is 10.6 Å². The van der Waals surface area contributed by atoms with E-state index >= 15 is 0 Å². The Bertz CT molecular complexity index is 864. The van der Waals surface area contributed by atoms with Crippen LogP contribution in [0.4, 0.5) is 4.79 Å². The van der Waals surface area contributed by atoms with Crippen LogP contribution in [-0.2, 0) is 32.2 Å². The molecule has 1 aliphatic carbocycles. The summed E-state index contributed by atoms with van der Waals surface area (Å²) in [5, 5.41) is 4.98. The summed E-state index contributed by atoms with van der Waals surface area (Å²) in [7, 11) is 1.64. The lowest BCUT2D eigenvalue weighted by Crippen LogP contribution is -2.52. The Kier molecular flexibility index (Phi) is 5.23. The summed E-state index contributed by atoms with van der Waals surface area (Å²) in [5.41, 5.74) is 2.11. The van der Waals surface area contributed by atoms with Crippen LogP contribution in [0, 0.1) is 0 Å². The van der Waals surface area contributed by atoms with Gasteiger partial charge in [-0.2, -0.15) is 0 Å². The molecule has 9 nitrogen and oxygen atoms in total. The lowest BCUT2D eigenvalue weighted by molar-refractivity contribution is -0.136. The van der Waals surface area contributed by atoms with Crippen molar-refractivity contribution < 1.29 is 28.7 Å². The third-order valence-electron chi connectivity index (χ3n) is 5.69. The first-order chi connectivity index (χ1) is 13.9. The normalized spacial score (nSPS) is 25.9. The molecule has 1 saturated carbocycles. The minimum atomic E-state index is -0.637. The van der Waals surface area contributed by atoms with Crippen molar-refractivity contribution in [3.8, 4) is 0 Å². The molecule has 2 aliphatic heterocycles. The number of benzene rings is 1. The van der Waals surface area contributed by atoms with E-state index in [9.17, 15) is 19.2 Å². The largest absolute Gasteiger partial charge is 0.446 e. The van der Waals surface area contributed by atoms with Gasteiger partial charge in [0.05, 0.1) is 6.10 Å². The third kappa shape index (κ3) is 3.95. The van der Waals surface area contributed by atoms with Crippen molar-refractivity contribution in [1.29, 1.82) is 0 Å². The van der Waals surface area contributed by atoms with Crippen LogP contribution in [0.15, 0.2) is 18.2 Å². The van der Waals surface area contributed by atoms with E-state index < -0.39 is 18.0 Å². The van der Waals surface area contributed by atoms with Crippen molar-refractivity contribution in [1.82, 2.24) is 15.5 Å². The number of hydrogen-bond acceptors (Lipinski definition) is 6. The number of fused-ring (bicyclic) bond motifs is 1. The number of nitrogens with zero attached hydrogens (tertiary/aromatic N) is 1. The maximum absolute atomic E-state index is 12.8. The Morgan fingerprint density at radius 2 is 2.03 bits per heavy atom. The summed E-state index contributed by atoms with van der Waals surface area (Å²) in [4.78, 5) is 49.7. The molecule has 0 bridgehead atoms. The van der Waals surface area contributed by atoms with Gasteiger partial charge in [-0.1, -0.05) is 12.1 Å². The first kappa shape index (κ1) is 19.4. The summed E-state index contributed by atoms with van der Waals surface area (Å²) >= 11 is 0. The van der Waals surface area contributed by atoms with Crippen molar-refractivity contribution in [2.24, 2.45) is 0 Å². The second-order valence-corrected chi connectivity index (χ2v) is 7.60. The summed E-state index contributed by atoms with van der Waals surface area (Å²) in [6, 6.07) is 4.76. The zero-order valence-electron chi connectivity index (χ0n) is 16.1. The molecule has 9 heteroatoms. The molecule has 0 aromatic heterocycles. The van der Waals surface area contributed by atoms with Crippen LogP contribution in [0.5, 0.6) is 0 Å². The fraction of sp³-hybridized carbons (Fsp3) is 0.500. The average Bonchev–Trinajstić information content (AvgIpc) is 2.99. The number of carbonyl (C=O) groups excluding carboxylic acids is 4. The molecular formula is C20H23N3O6. The molecule has 3 aliphatic rings. The molecule has 1 aromatic rings. The average molecular weight is 401 g/mol. The topological polar surface area (TPSA) is 114 Å². The van der Waals surface area contributed by atoms with Crippen LogP contribution in [0.1, 0.15) is 47.2 Å². The molecule has 1 aromatic carbocycles. The number of hydrogen-bond donors (Lipinski definition) is 2. The fourth-order valence-corrected chi connectivity index (χ4v) is 3.89. The van der Waals surface area contributed by atoms with Crippen LogP contribution in [0.3, 0.4) is 0 Å². The Morgan fingerprint density at radius 3 is 2.76 bits per heavy atom. The van der Waals surface area contributed by atoms with Crippen molar-refractivity contribution in [2.75, 3.05) is 7.11 Å². The van der Waals surface area contributed by atoms with Gasteiger partial charge < -0.3 is 19.7 Å². The van der Waals surface area contributed by atoms with Gasteiger partial charge in [0, 0.05) is 45.0 Å². The minimum Gasteiger partial charge on any atom is -0.446 e. The Morgan fingerprint density at radius 1 is 1.24 bits per heavy atom. The van der Waals surface area contributed by atoms with E-state index in [-0.39, 0.29) is 37.0 Å². The maximum Gasteiger partial charge on any atom is 0.407 e. The zero-order valence-corrected chi connectivity index (χ0v) is 16.1. The minimum absolute atomic E-state index is 0.122. The molecule has 4 rings (SSSR count). The smallest absolute Gasteiger partial charge is 0.407 e. The van der Waals surface area contributed by atoms with Gasteiger partial charge in [0.25, 0.3) is 5.91 Å². The van der Waals surface area contributed by atoms with Crippen LogP contribution < -0.4 is 10.6 Å². The quantitative estimate of drug-likeness (QED) is 0.707. The van der Waals surface area contributed by atoms with E-state index in [1.807, 2.05) is 12.1 Å². The van der Waals surface area contributed by atoms with Crippen LogP contribution in [0.25, 0.3) is 0 Å². The number of amides is 4. The predicted molar refractivity (Wildman–Crippen MR) is 99.6 cm³/mol. The van der Waals surface area contributed by atoms with Crippen molar-refractivity contribution in [3.05, 3.63) is 34.9 Å². The molecule has 29 heavy (non-hydrogen) atoms. The molecule has 0 radical (unpaired) electrons. The lowest BCUT2D eigenvalue weighted by atomic mass is 9.92. The van der Waals surface area contributed by atoms with Crippen LogP contribution >= 0.6 is 0 Å². The predicted octanol–water partition coefficient (Wildman–Crippen LogP) is 0.851. The number of carbonyl (C=O) groups is 4. The van der Waals surface area contributed by atoms with Gasteiger partial charge in [0.1, 0.15) is 12.1 Å².